The number of anilines is 1. The maximum Gasteiger partial charge on any atom is 0.331 e. The van der Waals surface area contributed by atoms with Gasteiger partial charge >= 0.3 is 5.97 Å². The second kappa shape index (κ2) is 8.79. The van der Waals surface area contributed by atoms with Gasteiger partial charge < -0.3 is 10.1 Å². The van der Waals surface area contributed by atoms with Crippen LogP contribution in [0.2, 0.25) is 0 Å². The quantitative estimate of drug-likeness (QED) is 0.474. The number of nitrogens with one attached hydrogen (secondary N) is 1. The van der Waals surface area contributed by atoms with E-state index in [1.165, 1.54) is 17.4 Å². The van der Waals surface area contributed by atoms with Crippen molar-refractivity contribution in [3.05, 3.63) is 58.3 Å². The van der Waals surface area contributed by atoms with E-state index in [1.807, 2.05) is 16.8 Å². The van der Waals surface area contributed by atoms with Gasteiger partial charge in [0.2, 0.25) is 5.91 Å². The van der Waals surface area contributed by atoms with Gasteiger partial charge in [0.1, 0.15) is 0 Å². The van der Waals surface area contributed by atoms with Gasteiger partial charge in [-0.3, -0.25) is 9.59 Å². The second-order valence-corrected chi connectivity index (χ2v) is 5.68. The van der Waals surface area contributed by atoms with Gasteiger partial charge in [0, 0.05) is 23.7 Å². The van der Waals surface area contributed by atoms with Crippen LogP contribution in [0, 0.1) is 0 Å². The third kappa shape index (κ3) is 5.48. The molecule has 2 rings (SSSR count). The second-order valence-electron chi connectivity index (χ2n) is 4.90. The zero-order valence-corrected chi connectivity index (χ0v) is 14.0. The van der Waals surface area contributed by atoms with Crippen LogP contribution in [0.4, 0.5) is 5.69 Å². The number of carbonyl (C=O) groups excluding carboxylic acids is 3. The molecular weight excluding hydrogens is 326 g/mol. The number of Topliss-reactive ketones (excluding diaryl/α,β-unsaturated/α-hetero) is 1. The third-order valence-corrected chi connectivity index (χ3v) is 3.81. The van der Waals surface area contributed by atoms with Crippen LogP contribution >= 0.6 is 11.3 Å². The van der Waals surface area contributed by atoms with Gasteiger partial charge in [-0.2, -0.15) is 11.3 Å². The molecule has 1 heterocycles. The predicted octanol–water partition coefficient (Wildman–Crippen LogP) is 3.54. The molecule has 1 N–H and O–H groups in total. The summed E-state index contributed by atoms with van der Waals surface area (Å²) in [4.78, 5) is 34.8. The van der Waals surface area contributed by atoms with Gasteiger partial charge in [-0.05, 0) is 52.7 Å². The Hall–Kier alpha value is -2.73. The van der Waals surface area contributed by atoms with Crippen LogP contribution in [0.5, 0.6) is 0 Å². The van der Waals surface area contributed by atoms with Gasteiger partial charge in [-0.25, -0.2) is 4.79 Å². The van der Waals surface area contributed by atoms with Gasteiger partial charge in [0.05, 0.1) is 0 Å². The molecule has 0 unspecified atom stereocenters. The van der Waals surface area contributed by atoms with Gasteiger partial charge in [0.25, 0.3) is 0 Å². The molecule has 0 saturated heterocycles. The Labute approximate surface area is 144 Å². The monoisotopic (exact) mass is 343 g/mol. The summed E-state index contributed by atoms with van der Waals surface area (Å²) in [5.74, 6) is -0.970. The molecule has 0 fully saturated rings. The van der Waals surface area contributed by atoms with E-state index in [0.717, 1.165) is 5.56 Å². The molecule has 0 bridgehead atoms. The standard InChI is InChI=1S/C18H17NO4S/c1-2-17(21)19-15-6-4-14(5-7-15)16(20)11-23-18(22)8-3-13-9-10-24-12-13/h3-10,12H,2,11H2,1H3,(H,19,21)/b8-3+. The van der Waals surface area contributed by atoms with E-state index in [0.29, 0.717) is 17.7 Å². The first-order valence-corrected chi connectivity index (χ1v) is 8.33. The van der Waals surface area contributed by atoms with Crippen LogP contribution in [0.3, 0.4) is 0 Å². The Balaban J connectivity index is 1.83. The zero-order chi connectivity index (χ0) is 17.4. The molecule has 0 radical (unpaired) electrons. The lowest BCUT2D eigenvalue weighted by Gasteiger charge is -2.05. The summed E-state index contributed by atoms with van der Waals surface area (Å²) in [5, 5.41) is 6.49. The van der Waals surface area contributed by atoms with Crippen LogP contribution < -0.4 is 5.32 Å². The fourth-order valence-corrected chi connectivity index (χ4v) is 2.42. The smallest absolute Gasteiger partial charge is 0.331 e. The highest BCUT2D eigenvalue weighted by Gasteiger charge is 2.09. The molecule has 24 heavy (non-hydrogen) atoms. The molecule has 2 aromatic rings. The van der Waals surface area contributed by atoms with Crippen LogP contribution in [0.1, 0.15) is 29.3 Å². The molecule has 1 amide bonds. The van der Waals surface area contributed by atoms with Crippen molar-refractivity contribution in [2.45, 2.75) is 13.3 Å². The van der Waals surface area contributed by atoms with E-state index >= 15 is 0 Å². The lowest BCUT2D eigenvalue weighted by Crippen LogP contribution is -2.13. The number of thiophene rings is 1. The highest BCUT2D eigenvalue weighted by Crippen LogP contribution is 2.11. The average molecular weight is 343 g/mol. The number of ether oxygens (including phenoxy) is 1. The number of carbonyl (C=O) groups is 3. The van der Waals surface area contributed by atoms with E-state index < -0.39 is 5.97 Å². The van der Waals surface area contributed by atoms with Crippen molar-refractivity contribution in [3.8, 4) is 0 Å². The summed E-state index contributed by atoms with van der Waals surface area (Å²) in [7, 11) is 0. The molecule has 124 valence electrons. The first-order chi connectivity index (χ1) is 11.6. The Morgan fingerprint density at radius 2 is 1.92 bits per heavy atom. The van der Waals surface area contributed by atoms with Crippen molar-refractivity contribution in [2.75, 3.05) is 11.9 Å². The summed E-state index contributed by atoms with van der Waals surface area (Å²) >= 11 is 1.53. The third-order valence-electron chi connectivity index (χ3n) is 3.11. The fourth-order valence-electron chi connectivity index (χ4n) is 1.79. The van der Waals surface area contributed by atoms with Crippen molar-refractivity contribution in [2.24, 2.45) is 0 Å². The highest BCUT2D eigenvalue weighted by atomic mass is 32.1. The zero-order valence-electron chi connectivity index (χ0n) is 13.2. The minimum atomic E-state index is -0.568. The molecular formula is C18H17NO4S. The van der Waals surface area contributed by atoms with Crippen LogP contribution in [0.15, 0.2) is 47.2 Å². The first-order valence-electron chi connectivity index (χ1n) is 7.38. The van der Waals surface area contributed by atoms with Gasteiger partial charge in [0.15, 0.2) is 12.4 Å². The normalized spacial score (nSPS) is 10.5. The molecule has 1 aromatic carbocycles. The maximum absolute atomic E-state index is 12.0. The molecule has 6 heteroatoms. The Morgan fingerprint density at radius 3 is 2.54 bits per heavy atom. The molecule has 0 aliphatic rings. The topological polar surface area (TPSA) is 72.5 Å². The minimum Gasteiger partial charge on any atom is -0.454 e. The number of amides is 1. The summed E-state index contributed by atoms with van der Waals surface area (Å²) < 4.78 is 4.93. The average Bonchev–Trinajstić information content (AvgIpc) is 3.12. The maximum atomic E-state index is 12.0. The number of hydrogen-bond acceptors (Lipinski definition) is 5. The molecule has 1 aromatic heterocycles. The molecule has 0 saturated carbocycles. The van der Waals surface area contributed by atoms with Gasteiger partial charge in [-0.15, -0.1) is 0 Å². The Bertz CT molecular complexity index is 733. The number of rotatable bonds is 7. The van der Waals surface area contributed by atoms with E-state index in [-0.39, 0.29) is 18.3 Å². The van der Waals surface area contributed by atoms with Crippen molar-refractivity contribution in [1.82, 2.24) is 0 Å². The van der Waals surface area contributed by atoms with Crippen LogP contribution in [-0.2, 0) is 14.3 Å². The fraction of sp³-hybridized carbons (Fsp3) is 0.167. The summed E-state index contributed by atoms with van der Waals surface area (Å²) in [6, 6.07) is 8.32. The SMILES string of the molecule is CCC(=O)Nc1ccc(C(=O)COC(=O)/C=C/c2ccsc2)cc1. The molecule has 0 spiro atoms. The number of esters is 1. The van der Waals surface area contributed by atoms with Crippen molar-refractivity contribution in [1.29, 1.82) is 0 Å². The molecule has 5 nitrogen and oxygen atoms in total. The number of ketones is 1. The van der Waals surface area contributed by atoms with Crippen molar-refractivity contribution in [3.63, 3.8) is 0 Å². The minimum absolute atomic E-state index is 0.0968. The molecule has 0 aliphatic heterocycles. The van der Waals surface area contributed by atoms with Crippen molar-refractivity contribution >= 4 is 40.8 Å². The van der Waals surface area contributed by atoms with E-state index in [9.17, 15) is 14.4 Å². The highest BCUT2D eigenvalue weighted by molar-refractivity contribution is 7.08. The lowest BCUT2D eigenvalue weighted by molar-refractivity contribution is -0.136. The predicted molar refractivity (Wildman–Crippen MR) is 94.0 cm³/mol. The summed E-state index contributed by atoms with van der Waals surface area (Å²) in [5.41, 5.74) is 1.95. The molecule has 0 aliphatic carbocycles. The Morgan fingerprint density at radius 1 is 1.17 bits per heavy atom. The summed E-state index contributed by atoms with van der Waals surface area (Å²) in [6.07, 6.45) is 3.31. The van der Waals surface area contributed by atoms with Crippen molar-refractivity contribution < 1.29 is 19.1 Å². The van der Waals surface area contributed by atoms with Crippen LogP contribution in [0.25, 0.3) is 6.08 Å². The van der Waals surface area contributed by atoms with Gasteiger partial charge in [-0.1, -0.05) is 6.92 Å². The first kappa shape index (κ1) is 17.6. The van der Waals surface area contributed by atoms with Crippen LogP contribution in [-0.4, -0.2) is 24.3 Å². The van der Waals surface area contributed by atoms with E-state index in [1.54, 1.807) is 37.3 Å². The largest absolute Gasteiger partial charge is 0.454 e. The summed E-state index contributed by atoms with van der Waals surface area (Å²) in [6.45, 7) is 1.43. The number of hydrogen-bond donors (Lipinski definition) is 1. The molecule has 0 atom stereocenters. The van der Waals surface area contributed by atoms with E-state index in [4.69, 9.17) is 4.74 Å². The van der Waals surface area contributed by atoms with E-state index in [2.05, 4.69) is 5.32 Å². The lowest BCUT2D eigenvalue weighted by atomic mass is 10.1. The number of benzene rings is 1. The Kier molecular flexibility index (Phi) is 6.45.